The fourth-order valence-electron chi connectivity index (χ4n) is 3.12. The van der Waals surface area contributed by atoms with Gasteiger partial charge >= 0.3 is 18.2 Å². The monoisotopic (exact) mass is 493 g/mol. The Morgan fingerprint density at radius 3 is 2.17 bits per heavy atom. The maximum atomic E-state index is 12.7. The molecule has 10 nitrogen and oxygen atoms in total. The molecule has 0 radical (unpaired) electrons. The summed E-state index contributed by atoms with van der Waals surface area (Å²) < 4.78 is 10.3. The van der Waals surface area contributed by atoms with Crippen molar-refractivity contribution in [3.63, 3.8) is 0 Å². The zero-order valence-corrected chi connectivity index (χ0v) is 21.3. The van der Waals surface area contributed by atoms with Crippen molar-refractivity contribution in [3.8, 4) is 0 Å². The third-order valence-electron chi connectivity index (χ3n) is 4.73. The third-order valence-corrected chi connectivity index (χ3v) is 4.73. The van der Waals surface area contributed by atoms with Gasteiger partial charge in [-0.3, -0.25) is 4.79 Å². The summed E-state index contributed by atoms with van der Waals surface area (Å²) >= 11 is 0. The van der Waals surface area contributed by atoms with E-state index in [-0.39, 0.29) is 18.9 Å². The Balaban J connectivity index is 2.46. The molecule has 0 aliphatic heterocycles. The van der Waals surface area contributed by atoms with Gasteiger partial charge in [0, 0.05) is 6.54 Å². The summed E-state index contributed by atoms with van der Waals surface area (Å²) in [5, 5.41) is 17.2. The Hall–Kier alpha value is -3.30. The van der Waals surface area contributed by atoms with Gasteiger partial charge in [-0.05, 0) is 57.9 Å². The van der Waals surface area contributed by atoms with Gasteiger partial charge in [0.2, 0.25) is 5.91 Å². The lowest BCUT2D eigenvalue weighted by atomic mass is 10.0. The van der Waals surface area contributed by atoms with E-state index in [2.05, 4.69) is 16.0 Å². The van der Waals surface area contributed by atoms with Crippen LogP contribution >= 0.6 is 0 Å². The lowest BCUT2D eigenvalue weighted by Gasteiger charge is -2.25. The topological polar surface area (TPSA) is 143 Å². The quantitative estimate of drug-likeness (QED) is 0.308. The zero-order valence-electron chi connectivity index (χ0n) is 21.3. The highest BCUT2D eigenvalue weighted by atomic mass is 16.6. The highest BCUT2D eigenvalue weighted by Crippen LogP contribution is 2.11. The summed E-state index contributed by atoms with van der Waals surface area (Å²) in [5.41, 5.74) is 0.147. The number of ether oxygens (including phenoxy) is 2. The summed E-state index contributed by atoms with van der Waals surface area (Å²) in [7, 11) is 0. The van der Waals surface area contributed by atoms with Crippen LogP contribution in [0, 0.1) is 5.92 Å². The van der Waals surface area contributed by atoms with Gasteiger partial charge in [-0.25, -0.2) is 14.4 Å². The third kappa shape index (κ3) is 13.9. The minimum atomic E-state index is -1.17. The van der Waals surface area contributed by atoms with E-state index in [1.807, 2.05) is 44.2 Å². The molecule has 4 N–H and O–H groups in total. The lowest BCUT2D eigenvalue weighted by molar-refractivity contribution is -0.142. The van der Waals surface area contributed by atoms with Crippen LogP contribution in [0.25, 0.3) is 0 Å². The molecule has 0 fully saturated rings. The first-order chi connectivity index (χ1) is 16.4. The average molecular weight is 494 g/mol. The first-order valence-corrected chi connectivity index (χ1v) is 11.8. The van der Waals surface area contributed by atoms with Gasteiger partial charge < -0.3 is 30.5 Å². The Kier molecular flexibility index (Phi) is 12.6. The molecule has 0 aromatic heterocycles. The molecule has 2 atom stereocenters. The van der Waals surface area contributed by atoms with Crippen molar-refractivity contribution in [1.29, 1.82) is 0 Å². The second kappa shape index (κ2) is 14.9. The van der Waals surface area contributed by atoms with E-state index in [1.54, 1.807) is 20.8 Å². The molecule has 1 rings (SSSR count). The van der Waals surface area contributed by atoms with Crippen LogP contribution in [-0.4, -0.2) is 53.4 Å². The number of hydrogen-bond donors (Lipinski definition) is 4. The van der Waals surface area contributed by atoms with Gasteiger partial charge in [0.15, 0.2) is 0 Å². The second-order valence-electron chi connectivity index (χ2n) is 9.71. The Morgan fingerprint density at radius 1 is 0.943 bits per heavy atom. The molecule has 196 valence electrons. The summed E-state index contributed by atoms with van der Waals surface area (Å²) in [4.78, 5) is 48.3. The summed E-state index contributed by atoms with van der Waals surface area (Å²) in [6, 6.07) is 7.23. The van der Waals surface area contributed by atoms with Crippen LogP contribution in [0.2, 0.25) is 0 Å². The maximum absolute atomic E-state index is 12.7. The van der Waals surface area contributed by atoms with Crippen molar-refractivity contribution < 1.29 is 33.8 Å². The van der Waals surface area contributed by atoms with Gasteiger partial charge in [-0.1, -0.05) is 44.2 Å². The molecule has 0 aliphatic rings. The van der Waals surface area contributed by atoms with E-state index in [0.717, 1.165) is 5.56 Å². The van der Waals surface area contributed by atoms with Crippen LogP contribution < -0.4 is 16.0 Å². The predicted molar refractivity (Wildman–Crippen MR) is 131 cm³/mol. The Bertz CT molecular complexity index is 822. The number of benzene rings is 1. The van der Waals surface area contributed by atoms with Crippen molar-refractivity contribution in [2.45, 2.75) is 84.6 Å². The second-order valence-corrected chi connectivity index (χ2v) is 9.71. The summed E-state index contributed by atoms with van der Waals surface area (Å²) in [6.07, 6.45) is 0.155. The van der Waals surface area contributed by atoms with Gasteiger partial charge in [0.05, 0.1) is 0 Å². The molecule has 0 bridgehead atoms. The molecule has 0 spiro atoms. The van der Waals surface area contributed by atoms with Crippen LogP contribution in [0.4, 0.5) is 9.59 Å². The highest BCUT2D eigenvalue weighted by Gasteiger charge is 2.28. The van der Waals surface area contributed by atoms with E-state index in [4.69, 9.17) is 9.47 Å². The molecule has 0 heterocycles. The van der Waals surface area contributed by atoms with Crippen molar-refractivity contribution >= 4 is 24.1 Å². The largest absolute Gasteiger partial charge is 0.480 e. The maximum Gasteiger partial charge on any atom is 0.408 e. The molecule has 10 heteroatoms. The van der Waals surface area contributed by atoms with E-state index in [1.165, 1.54) is 0 Å². The van der Waals surface area contributed by atoms with E-state index in [9.17, 15) is 24.3 Å². The van der Waals surface area contributed by atoms with Gasteiger partial charge in [-0.15, -0.1) is 0 Å². The Labute approximate surface area is 207 Å². The molecule has 0 saturated heterocycles. The van der Waals surface area contributed by atoms with Crippen molar-refractivity contribution in [3.05, 3.63) is 35.9 Å². The first-order valence-electron chi connectivity index (χ1n) is 11.8. The smallest absolute Gasteiger partial charge is 0.408 e. The number of hydrogen-bond acceptors (Lipinski definition) is 6. The normalized spacial score (nSPS) is 12.9. The summed E-state index contributed by atoms with van der Waals surface area (Å²) in [5.74, 6) is -1.68. The van der Waals surface area contributed by atoms with Crippen LogP contribution in [0.5, 0.6) is 0 Å². The fraction of sp³-hybridized carbons (Fsp3) is 0.600. The Morgan fingerprint density at radius 2 is 1.60 bits per heavy atom. The number of unbranched alkanes of at least 4 members (excludes halogenated alkanes) is 1. The molecular weight excluding hydrogens is 454 g/mol. The number of rotatable bonds is 13. The van der Waals surface area contributed by atoms with Crippen molar-refractivity contribution in [2.24, 2.45) is 5.92 Å². The molecule has 1 aromatic rings. The van der Waals surface area contributed by atoms with Gasteiger partial charge in [0.1, 0.15) is 24.3 Å². The van der Waals surface area contributed by atoms with Crippen LogP contribution in [0.1, 0.15) is 65.9 Å². The standard InChI is InChI=1S/C25H39N3O7/c1-17(2)15-20(28-24(33)35-25(3,4)5)21(29)27-19(22(30)31)13-9-10-14-26-23(32)34-16-18-11-7-6-8-12-18/h6-8,11-12,17,19-20H,9-10,13-16H2,1-5H3,(H,26,32)(H,27,29)(H,28,33)(H,30,31)/t19-,20-/m0/s1. The SMILES string of the molecule is CC(C)C[C@H](NC(=O)OC(C)(C)C)C(=O)N[C@@H](CCCCNC(=O)OCc1ccccc1)C(=O)O. The number of aliphatic carboxylic acids is 1. The number of amides is 3. The lowest BCUT2D eigenvalue weighted by Crippen LogP contribution is -2.52. The van der Waals surface area contributed by atoms with E-state index < -0.39 is 41.7 Å². The predicted octanol–water partition coefficient (Wildman–Crippen LogP) is 3.59. The number of nitrogens with one attached hydrogen (secondary N) is 3. The molecule has 0 saturated carbocycles. The first kappa shape index (κ1) is 29.7. The molecule has 35 heavy (non-hydrogen) atoms. The van der Waals surface area contributed by atoms with Crippen molar-refractivity contribution in [1.82, 2.24) is 16.0 Å². The van der Waals surface area contributed by atoms with Gasteiger partial charge in [0.25, 0.3) is 0 Å². The molecule has 0 unspecified atom stereocenters. The number of carboxylic acid groups (broad SMARTS) is 1. The molecule has 0 aliphatic carbocycles. The number of carbonyl (C=O) groups is 4. The van der Waals surface area contributed by atoms with Crippen molar-refractivity contribution in [2.75, 3.05) is 6.54 Å². The number of carboxylic acids is 1. The average Bonchev–Trinajstić information content (AvgIpc) is 2.75. The highest BCUT2D eigenvalue weighted by molar-refractivity contribution is 5.89. The molecule has 1 aromatic carbocycles. The minimum Gasteiger partial charge on any atom is -0.480 e. The summed E-state index contributed by atoms with van der Waals surface area (Å²) in [6.45, 7) is 9.39. The molecular formula is C25H39N3O7. The zero-order chi connectivity index (χ0) is 26.4. The number of alkyl carbamates (subject to hydrolysis) is 2. The van der Waals surface area contributed by atoms with Crippen LogP contribution in [0.15, 0.2) is 30.3 Å². The van der Waals surface area contributed by atoms with E-state index >= 15 is 0 Å². The van der Waals surface area contributed by atoms with E-state index in [0.29, 0.717) is 25.8 Å². The number of carbonyl (C=O) groups excluding carboxylic acids is 3. The molecule has 3 amide bonds. The van der Waals surface area contributed by atoms with Crippen LogP contribution in [0.3, 0.4) is 0 Å². The van der Waals surface area contributed by atoms with Gasteiger partial charge in [-0.2, -0.15) is 0 Å². The fourth-order valence-corrected chi connectivity index (χ4v) is 3.12. The minimum absolute atomic E-state index is 0.0803. The van der Waals surface area contributed by atoms with Crippen LogP contribution in [-0.2, 0) is 25.7 Å².